The van der Waals surface area contributed by atoms with Gasteiger partial charge in [0, 0.05) is 42.0 Å². The lowest BCUT2D eigenvalue weighted by Gasteiger charge is -2.21. The normalized spacial score (nSPS) is 11.5. The van der Waals surface area contributed by atoms with Crippen LogP contribution in [-0.4, -0.2) is 31.3 Å². The predicted octanol–water partition coefficient (Wildman–Crippen LogP) is 3.83. The number of hydrogen-bond donors (Lipinski definition) is 2. The number of fused-ring (bicyclic) bond motifs is 1. The van der Waals surface area contributed by atoms with Crippen molar-refractivity contribution in [1.82, 2.24) is 0 Å². The number of anilines is 2. The van der Waals surface area contributed by atoms with Gasteiger partial charge in [0.2, 0.25) is 0 Å². The molecule has 3 rings (SSSR count). The molecule has 2 aromatic carbocycles. The molecule has 28 heavy (non-hydrogen) atoms. The van der Waals surface area contributed by atoms with Crippen molar-refractivity contribution in [3.8, 4) is 5.75 Å². The first-order valence-electron chi connectivity index (χ1n) is 9.06. The summed E-state index contributed by atoms with van der Waals surface area (Å²) in [6.45, 7) is 5.87. The van der Waals surface area contributed by atoms with Crippen LogP contribution < -0.4 is 20.5 Å². The fraction of sp³-hybridized carbons (Fsp3) is 0.238. The van der Waals surface area contributed by atoms with Gasteiger partial charge in [-0.15, -0.1) is 0 Å². The maximum Gasteiger partial charge on any atom is 0.268 e. The van der Waals surface area contributed by atoms with Crippen molar-refractivity contribution in [2.75, 3.05) is 30.4 Å². The van der Waals surface area contributed by atoms with E-state index in [1.54, 1.807) is 37.4 Å². The summed E-state index contributed by atoms with van der Waals surface area (Å²) < 4.78 is 10.9. The van der Waals surface area contributed by atoms with E-state index in [1.165, 1.54) is 0 Å². The Morgan fingerprint density at radius 2 is 1.96 bits per heavy atom. The molecular weight excluding hydrogens is 358 g/mol. The molecule has 0 spiro atoms. The summed E-state index contributed by atoms with van der Waals surface area (Å²) in [5, 5.41) is 16.0. The van der Waals surface area contributed by atoms with Crippen molar-refractivity contribution in [1.29, 1.82) is 0 Å². The maximum atomic E-state index is 12.7. The zero-order chi connectivity index (χ0) is 20.1. The summed E-state index contributed by atoms with van der Waals surface area (Å²) in [4.78, 5) is 14.9. The largest absolute Gasteiger partial charge is 0.497 e. The van der Waals surface area contributed by atoms with Crippen molar-refractivity contribution in [2.24, 2.45) is 5.16 Å². The molecular formula is C21H23N3O4. The molecule has 0 atom stereocenters. The van der Waals surface area contributed by atoms with Gasteiger partial charge in [-0.1, -0.05) is 6.07 Å². The van der Waals surface area contributed by atoms with Gasteiger partial charge < -0.3 is 24.6 Å². The number of nitrogens with one attached hydrogen (secondary N) is 1. The van der Waals surface area contributed by atoms with Crippen LogP contribution in [0, 0.1) is 0 Å². The van der Waals surface area contributed by atoms with Crippen molar-refractivity contribution in [3.05, 3.63) is 59.6 Å². The van der Waals surface area contributed by atoms with E-state index in [1.807, 2.05) is 18.2 Å². The highest BCUT2D eigenvalue weighted by atomic mass is 16.5. The van der Waals surface area contributed by atoms with Crippen LogP contribution >= 0.6 is 0 Å². The van der Waals surface area contributed by atoms with Crippen molar-refractivity contribution >= 4 is 28.3 Å². The molecule has 7 heteroatoms. The van der Waals surface area contributed by atoms with Gasteiger partial charge >= 0.3 is 0 Å². The smallest absolute Gasteiger partial charge is 0.268 e. The average molecular weight is 381 g/mol. The van der Waals surface area contributed by atoms with E-state index in [9.17, 15) is 10.0 Å². The fourth-order valence-electron chi connectivity index (χ4n) is 3.03. The van der Waals surface area contributed by atoms with E-state index in [2.05, 4.69) is 29.2 Å². The van der Waals surface area contributed by atoms with Gasteiger partial charge in [0.15, 0.2) is 0 Å². The zero-order valence-electron chi connectivity index (χ0n) is 16.1. The summed E-state index contributed by atoms with van der Waals surface area (Å²) in [5.74, 6) is 0.177. The van der Waals surface area contributed by atoms with Crippen LogP contribution in [0.5, 0.6) is 5.75 Å². The summed E-state index contributed by atoms with van der Waals surface area (Å²) in [6, 6.07) is 14.4. The van der Waals surface area contributed by atoms with Crippen molar-refractivity contribution < 1.29 is 19.2 Å². The molecule has 0 saturated heterocycles. The number of nitrogens with zero attached hydrogens (tertiary/aromatic N) is 2. The number of ether oxygens (including phenoxy) is 1. The average Bonchev–Trinajstić information content (AvgIpc) is 2.73. The number of hydrogen-bond acceptors (Lipinski definition) is 6. The second kappa shape index (κ2) is 8.47. The van der Waals surface area contributed by atoms with E-state index in [-0.39, 0.29) is 11.1 Å². The number of benzene rings is 2. The molecule has 0 aliphatic heterocycles. The van der Waals surface area contributed by atoms with Gasteiger partial charge in [-0.05, 0) is 49.3 Å². The van der Waals surface area contributed by atoms with Crippen LogP contribution in [0.25, 0.3) is 11.0 Å². The molecule has 146 valence electrons. The molecule has 0 aliphatic carbocycles. The molecule has 7 nitrogen and oxygen atoms in total. The third-order valence-electron chi connectivity index (χ3n) is 4.53. The number of carbonyl (C=O) groups is 1. The minimum Gasteiger partial charge on any atom is -0.497 e. The zero-order valence-corrected chi connectivity index (χ0v) is 16.1. The quantitative estimate of drug-likeness (QED) is 0.500. The Kier molecular flexibility index (Phi) is 5.84. The first-order valence-corrected chi connectivity index (χ1v) is 9.06. The third kappa shape index (κ3) is 3.93. The highest BCUT2D eigenvalue weighted by Crippen LogP contribution is 2.23. The molecule has 0 bridgehead atoms. The number of rotatable bonds is 6. The molecule has 3 aromatic rings. The van der Waals surface area contributed by atoms with Crippen LogP contribution in [0.2, 0.25) is 0 Å². The molecule has 0 aliphatic rings. The third-order valence-corrected chi connectivity index (χ3v) is 4.53. The summed E-state index contributed by atoms with van der Waals surface area (Å²) in [5.41, 5.74) is 2.08. The molecule has 1 aromatic heterocycles. The minimum absolute atomic E-state index is 0.133. The van der Waals surface area contributed by atoms with Crippen LogP contribution in [0.4, 0.5) is 11.4 Å². The Balaban J connectivity index is 1.98. The number of methoxy groups -OCH3 is 1. The van der Waals surface area contributed by atoms with Gasteiger partial charge in [-0.25, -0.2) is 0 Å². The topological polar surface area (TPSA) is 87.3 Å². The predicted molar refractivity (Wildman–Crippen MR) is 108 cm³/mol. The van der Waals surface area contributed by atoms with Gasteiger partial charge in [-0.3, -0.25) is 4.79 Å². The van der Waals surface area contributed by atoms with E-state index < -0.39 is 5.91 Å². The first kappa shape index (κ1) is 19.3. The summed E-state index contributed by atoms with van der Waals surface area (Å²) >= 11 is 0. The van der Waals surface area contributed by atoms with E-state index in [0.29, 0.717) is 17.0 Å². The number of amides is 1. The summed E-state index contributed by atoms with van der Waals surface area (Å²) in [6.07, 6.45) is 0. The molecule has 1 heterocycles. The Morgan fingerprint density at radius 3 is 2.64 bits per heavy atom. The molecule has 0 unspecified atom stereocenters. The Hall–Kier alpha value is -3.48. The second-order valence-electron chi connectivity index (χ2n) is 6.15. The van der Waals surface area contributed by atoms with E-state index >= 15 is 0 Å². The standard InChI is InChI=1S/C21H23N3O4/c1-4-24(5-2)16-10-9-14-11-18(21(23-26)28-19(14)13-16)20(25)22-15-7-6-8-17(12-15)27-3/h6-13,26H,4-5H2,1-3H3,(H,22,25). The van der Waals surface area contributed by atoms with Gasteiger partial charge in [0.1, 0.15) is 16.9 Å². The first-order chi connectivity index (χ1) is 13.6. The lowest BCUT2D eigenvalue weighted by Crippen LogP contribution is -2.22. The van der Waals surface area contributed by atoms with Crippen LogP contribution in [0.15, 0.2) is 58.1 Å². The van der Waals surface area contributed by atoms with Crippen molar-refractivity contribution in [3.63, 3.8) is 0 Å². The molecule has 0 fully saturated rings. The number of carbonyl (C=O) groups excluding carboxylic acids is 1. The molecule has 0 saturated carbocycles. The SMILES string of the molecule is CCN(CC)c1ccc2cc(C(=O)Nc3cccc(OC)c3)c(=NO)oc2c1. The van der Waals surface area contributed by atoms with Gasteiger partial charge in [0.05, 0.1) is 7.11 Å². The maximum absolute atomic E-state index is 12.7. The monoisotopic (exact) mass is 381 g/mol. The van der Waals surface area contributed by atoms with Crippen LogP contribution in [-0.2, 0) is 0 Å². The van der Waals surface area contributed by atoms with Gasteiger partial charge in [0.25, 0.3) is 11.5 Å². The van der Waals surface area contributed by atoms with Gasteiger partial charge in [-0.2, -0.15) is 0 Å². The molecule has 1 amide bonds. The molecule has 2 N–H and O–H groups in total. The van der Waals surface area contributed by atoms with Crippen molar-refractivity contribution in [2.45, 2.75) is 13.8 Å². The molecule has 0 radical (unpaired) electrons. The lowest BCUT2D eigenvalue weighted by molar-refractivity contribution is 0.102. The lowest BCUT2D eigenvalue weighted by atomic mass is 10.1. The van der Waals surface area contributed by atoms with E-state index in [0.717, 1.165) is 24.2 Å². The Labute approximate surface area is 162 Å². The fourth-order valence-corrected chi connectivity index (χ4v) is 3.03. The van der Waals surface area contributed by atoms with E-state index in [4.69, 9.17) is 9.15 Å². The highest BCUT2D eigenvalue weighted by molar-refractivity contribution is 6.05. The minimum atomic E-state index is -0.445. The Morgan fingerprint density at radius 1 is 1.18 bits per heavy atom. The van der Waals surface area contributed by atoms with Crippen LogP contribution in [0.1, 0.15) is 24.2 Å². The summed E-state index contributed by atoms with van der Waals surface area (Å²) in [7, 11) is 1.55. The Bertz CT molecular complexity index is 1050. The second-order valence-corrected chi connectivity index (χ2v) is 6.15. The highest BCUT2D eigenvalue weighted by Gasteiger charge is 2.14. The van der Waals surface area contributed by atoms with Crippen LogP contribution in [0.3, 0.4) is 0 Å².